The second kappa shape index (κ2) is 6.32. The topological polar surface area (TPSA) is 58.6 Å². The standard InChI is InChI=1S/C12H24N2O3S/c1-13-8-11-4-2-6-14(9-11)18(15,16)12-5-3-7-17-10-12/h11-13H,2-10H2,1H3. The van der Waals surface area contributed by atoms with E-state index < -0.39 is 10.0 Å². The predicted molar refractivity (Wildman–Crippen MR) is 71.0 cm³/mol. The van der Waals surface area contributed by atoms with Crippen LogP contribution in [0.5, 0.6) is 0 Å². The number of piperidine rings is 1. The molecule has 1 N–H and O–H groups in total. The van der Waals surface area contributed by atoms with Crippen LogP contribution in [0.2, 0.25) is 0 Å². The molecular formula is C12H24N2O3S. The van der Waals surface area contributed by atoms with E-state index in [-0.39, 0.29) is 5.25 Å². The minimum absolute atomic E-state index is 0.320. The van der Waals surface area contributed by atoms with Crippen molar-refractivity contribution in [1.82, 2.24) is 9.62 Å². The zero-order chi connectivity index (χ0) is 13.0. The molecule has 2 atom stereocenters. The summed E-state index contributed by atoms with van der Waals surface area (Å²) in [7, 11) is -1.24. The molecule has 0 saturated carbocycles. The lowest BCUT2D eigenvalue weighted by atomic mass is 10.00. The zero-order valence-corrected chi connectivity index (χ0v) is 11.9. The van der Waals surface area contributed by atoms with Crippen molar-refractivity contribution in [2.24, 2.45) is 5.92 Å². The average molecular weight is 276 g/mol. The van der Waals surface area contributed by atoms with E-state index in [0.717, 1.165) is 32.2 Å². The van der Waals surface area contributed by atoms with Crippen LogP contribution in [0.1, 0.15) is 25.7 Å². The van der Waals surface area contributed by atoms with E-state index in [1.807, 2.05) is 7.05 Å². The predicted octanol–water partition coefficient (Wildman–Crippen LogP) is 0.427. The summed E-state index contributed by atoms with van der Waals surface area (Å²) in [6.07, 6.45) is 3.69. The van der Waals surface area contributed by atoms with Crippen molar-refractivity contribution in [2.45, 2.75) is 30.9 Å². The molecule has 0 bridgehead atoms. The zero-order valence-electron chi connectivity index (χ0n) is 11.1. The van der Waals surface area contributed by atoms with Gasteiger partial charge in [-0.2, -0.15) is 0 Å². The molecule has 0 aromatic rings. The monoisotopic (exact) mass is 276 g/mol. The first-order chi connectivity index (χ1) is 8.64. The summed E-state index contributed by atoms with van der Waals surface area (Å²) in [5, 5.41) is 2.82. The Labute approximate surface area is 110 Å². The van der Waals surface area contributed by atoms with Crippen molar-refractivity contribution in [3.63, 3.8) is 0 Å². The highest BCUT2D eigenvalue weighted by atomic mass is 32.2. The molecule has 2 aliphatic heterocycles. The summed E-state index contributed by atoms with van der Waals surface area (Å²) in [5.74, 6) is 0.447. The van der Waals surface area contributed by atoms with E-state index in [1.165, 1.54) is 0 Å². The Bertz CT molecular complexity index is 350. The second-order valence-electron chi connectivity index (χ2n) is 5.31. The number of hydrogen-bond acceptors (Lipinski definition) is 4. The lowest BCUT2D eigenvalue weighted by Gasteiger charge is -2.35. The highest BCUT2D eigenvalue weighted by molar-refractivity contribution is 7.89. The van der Waals surface area contributed by atoms with Gasteiger partial charge in [0.1, 0.15) is 0 Å². The number of nitrogens with zero attached hydrogens (tertiary/aromatic N) is 1. The molecule has 0 radical (unpaired) electrons. The Hall–Kier alpha value is -0.170. The molecule has 6 heteroatoms. The Morgan fingerprint density at radius 1 is 1.33 bits per heavy atom. The Kier molecular flexibility index (Phi) is 5.00. The molecule has 2 unspecified atom stereocenters. The van der Waals surface area contributed by atoms with Crippen LogP contribution in [-0.4, -0.2) is 57.9 Å². The van der Waals surface area contributed by atoms with E-state index in [4.69, 9.17) is 4.74 Å². The summed E-state index contributed by atoms with van der Waals surface area (Å²) >= 11 is 0. The largest absolute Gasteiger partial charge is 0.380 e. The summed E-state index contributed by atoms with van der Waals surface area (Å²) in [6.45, 7) is 3.32. The molecule has 0 spiro atoms. The second-order valence-corrected chi connectivity index (χ2v) is 7.52. The summed E-state index contributed by atoms with van der Waals surface area (Å²) in [6, 6.07) is 0. The fraction of sp³-hybridized carbons (Fsp3) is 1.00. The third-order valence-electron chi connectivity index (χ3n) is 3.87. The lowest BCUT2D eigenvalue weighted by Crippen LogP contribution is -2.48. The molecule has 5 nitrogen and oxygen atoms in total. The summed E-state index contributed by atoms with van der Waals surface area (Å²) in [5.41, 5.74) is 0. The van der Waals surface area contributed by atoms with Gasteiger partial charge in [0, 0.05) is 19.7 Å². The fourth-order valence-corrected chi connectivity index (χ4v) is 4.83. The van der Waals surface area contributed by atoms with Crippen molar-refractivity contribution >= 4 is 10.0 Å². The number of hydrogen-bond donors (Lipinski definition) is 1. The number of nitrogens with one attached hydrogen (secondary N) is 1. The minimum atomic E-state index is -3.16. The van der Waals surface area contributed by atoms with Crippen LogP contribution >= 0.6 is 0 Å². The van der Waals surface area contributed by atoms with Gasteiger partial charge in [-0.1, -0.05) is 0 Å². The maximum atomic E-state index is 12.5. The SMILES string of the molecule is CNCC1CCCN(S(=O)(=O)C2CCCOC2)C1. The van der Waals surface area contributed by atoms with E-state index >= 15 is 0 Å². The molecule has 2 fully saturated rings. The maximum absolute atomic E-state index is 12.5. The van der Waals surface area contributed by atoms with Crippen LogP contribution in [0.25, 0.3) is 0 Å². The van der Waals surface area contributed by atoms with Gasteiger partial charge in [0.2, 0.25) is 10.0 Å². The van der Waals surface area contributed by atoms with Gasteiger partial charge >= 0.3 is 0 Å². The normalized spacial score (nSPS) is 31.4. The maximum Gasteiger partial charge on any atom is 0.219 e. The first-order valence-corrected chi connectivity index (χ1v) is 8.36. The van der Waals surface area contributed by atoms with Crippen molar-refractivity contribution < 1.29 is 13.2 Å². The third kappa shape index (κ3) is 3.23. The minimum Gasteiger partial charge on any atom is -0.380 e. The smallest absolute Gasteiger partial charge is 0.219 e. The van der Waals surface area contributed by atoms with Crippen LogP contribution < -0.4 is 5.32 Å². The highest BCUT2D eigenvalue weighted by Crippen LogP contribution is 2.24. The van der Waals surface area contributed by atoms with Gasteiger partial charge < -0.3 is 10.1 Å². The molecular weight excluding hydrogens is 252 g/mol. The van der Waals surface area contributed by atoms with Crippen molar-refractivity contribution in [3.05, 3.63) is 0 Å². The van der Waals surface area contributed by atoms with Gasteiger partial charge in [-0.25, -0.2) is 12.7 Å². The number of sulfonamides is 1. The molecule has 2 aliphatic rings. The van der Waals surface area contributed by atoms with Crippen molar-refractivity contribution in [3.8, 4) is 0 Å². The van der Waals surface area contributed by atoms with Gasteiger partial charge in [-0.15, -0.1) is 0 Å². The van der Waals surface area contributed by atoms with Crippen LogP contribution in [0, 0.1) is 5.92 Å². The molecule has 0 amide bonds. The first kappa shape index (κ1) is 14.2. The van der Waals surface area contributed by atoms with E-state index in [9.17, 15) is 8.42 Å². The molecule has 0 aromatic carbocycles. The van der Waals surface area contributed by atoms with Gasteiger partial charge in [-0.3, -0.25) is 0 Å². The molecule has 2 rings (SSSR count). The van der Waals surface area contributed by atoms with E-state index in [2.05, 4.69) is 5.32 Å². The highest BCUT2D eigenvalue weighted by Gasteiger charge is 2.36. The van der Waals surface area contributed by atoms with E-state index in [0.29, 0.717) is 32.2 Å². The Morgan fingerprint density at radius 3 is 2.83 bits per heavy atom. The Balaban J connectivity index is 1.99. The van der Waals surface area contributed by atoms with Crippen LogP contribution in [0.15, 0.2) is 0 Å². The van der Waals surface area contributed by atoms with Gasteiger partial charge in [-0.05, 0) is 45.2 Å². The quantitative estimate of drug-likeness (QED) is 0.809. The third-order valence-corrected chi connectivity index (χ3v) is 6.14. The molecule has 0 aromatic heterocycles. The van der Waals surface area contributed by atoms with Gasteiger partial charge in [0.15, 0.2) is 0 Å². The summed E-state index contributed by atoms with van der Waals surface area (Å²) in [4.78, 5) is 0. The fourth-order valence-electron chi connectivity index (χ4n) is 2.87. The number of rotatable bonds is 4. The lowest BCUT2D eigenvalue weighted by molar-refractivity contribution is 0.0967. The average Bonchev–Trinajstić information content (AvgIpc) is 2.40. The molecule has 2 saturated heterocycles. The summed E-state index contributed by atoms with van der Waals surface area (Å²) < 4.78 is 32.0. The van der Waals surface area contributed by atoms with Gasteiger partial charge in [0.25, 0.3) is 0 Å². The van der Waals surface area contributed by atoms with Gasteiger partial charge in [0.05, 0.1) is 11.9 Å². The van der Waals surface area contributed by atoms with Crippen molar-refractivity contribution in [2.75, 3.05) is 39.9 Å². The van der Waals surface area contributed by atoms with Crippen LogP contribution in [-0.2, 0) is 14.8 Å². The van der Waals surface area contributed by atoms with Crippen LogP contribution in [0.4, 0.5) is 0 Å². The van der Waals surface area contributed by atoms with Crippen LogP contribution in [0.3, 0.4) is 0 Å². The van der Waals surface area contributed by atoms with E-state index in [1.54, 1.807) is 4.31 Å². The molecule has 2 heterocycles. The molecule has 106 valence electrons. The molecule has 0 aliphatic carbocycles. The molecule has 18 heavy (non-hydrogen) atoms. The first-order valence-electron chi connectivity index (χ1n) is 6.86. The van der Waals surface area contributed by atoms with Crippen molar-refractivity contribution in [1.29, 1.82) is 0 Å². The number of ether oxygens (including phenoxy) is 1. The Morgan fingerprint density at radius 2 is 2.17 bits per heavy atom.